The van der Waals surface area contributed by atoms with Gasteiger partial charge in [-0.2, -0.15) is 0 Å². The number of nitro groups is 2. The largest absolute Gasteiger partial charge is 0.432 e. The van der Waals surface area contributed by atoms with Gasteiger partial charge in [-0.15, -0.1) is 0 Å². The van der Waals surface area contributed by atoms with E-state index < -0.39 is 16.6 Å². The first-order valence-corrected chi connectivity index (χ1v) is 3.58. The SMILES string of the molecule is O=[N+]([O-])COc1ccc([N+](=O)[O-])cc1. The first kappa shape index (κ1) is 9.90. The van der Waals surface area contributed by atoms with Crippen molar-refractivity contribution in [1.29, 1.82) is 0 Å². The van der Waals surface area contributed by atoms with E-state index in [4.69, 9.17) is 0 Å². The fourth-order valence-corrected chi connectivity index (χ4v) is 0.791. The van der Waals surface area contributed by atoms with Crippen LogP contribution in [0.2, 0.25) is 0 Å². The number of ether oxygens (including phenoxy) is 1. The van der Waals surface area contributed by atoms with E-state index in [1.807, 2.05) is 0 Å². The van der Waals surface area contributed by atoms with Crippen LogP contribution in [0.3, 0.4) is 0 Å². The molecule has 0 aliphatic rings. The number of hydrogen-bond donors (Lipinski definition) is 0. The molecule has 0 aliphatic carbocycles. The summed E-state index contributed by atoms with van der Waals surface area (Å²) in [4.78, 5) is 19.0. The van der Waals surface area contributed by atoms with Gasteiger partial charge in [-0.05, 0) is 12.1 Å². The third-order valence-corrected chi connectivity index (χ3v) is 1.38. The number of benzene rings is 1. The maximum Gasteiger partial charge on any atom is 0.344 e. The van der Waals surface area contributed by atoms with E-state index >= 15 is 0 Å². The van der Waals surface area contributed by atoms with Gasteiger partial charge in [0.15, 0.2) is 0 Å². The van der Waals surface area contributed by atoms with Crippen molar-refractivity contribution in [3.63, 3.8) is 0 Å². The van der Waals surface area contributed by atoms with Crippen molar-refractivity contribution in [2.24, 2.45) is 0 Å². The first-order chi connectivity index (χ1) is 6.59. The van der Waals surface area contributed by atoms with Crippen molar-refractivity contribution in [2.75, 3.05) is 6.73 Å². The van der Waals surface area contributed by atoms with E-state index in [-0.39, 0.29) is 11.4 Å². The van der Waals surface area contributed by atoms with Crippen molar-refractivity contribution in [3.05, 3.63) is 44.5 Å². The van der Waals surface area contributed by atoms with Crippen LogP contribution in [0, 0.1) is 20.2 Å². The second kappa shape index (κ2) is 4.17. The van der Waals surface area contributed by atoms with Crippen LogP contribution in [0.5, 0.6) is 5.75 Å². The Kier molecular flexibility index (Phi) is 2.95. The van der Waals surface area contributed by atoms with E-state index in [0.717, 1.165) is 0 Å². The molecule has 0 aromatic heterocycles. The number of hydrogen-bond acceptors (Lipinski definition) is 5. The van der Waals surface area contributed by atoms with Crippen LogP contribution in [0.25, 0.3) is 0 Å². The molecule has 0 saturated heterocycles. The number of nitrogens with zero attached hydrogens (tertiary/aromatic N) is 2. The molecule has 0 N–H and O–H groups in total. The standard InChI is InChI=1S/C7H6N2O5/c10-8(11)5-14-7-3-1-6(2-4-7)9(12)13/h1-4H,5H2. The highest BCUT2D eigenvalue weighted by molar-refractivity contribution is 5.35. The third-order valence-electron chi connectivity index (χ3n) is 1.38. The minimum atomic E-state index is -0.655. The molecule has 7 heteroatoms. The Balaban J connectivity index is 2.64. The molecule has 0 bridgehead atoms. The van der Waals surface area contributed by atoms with Gasteiger partial charge in [-0.25, -0.2) is 0 Å². The smallest absolute Gasteiger partial charge is 0.344 e. The summed E-state index contributed by atoms with van der Waals surface area (Å²) in [5.41, 5.74) is -0.0848. The molecule has 0 heterocycles. The predicted octanol–water partition coefficient (Wildman–Crippen LogP) is 1.21. The molecule has 1 aromatic rings. The lowest BCUT2D eigenvalue weighted by atomic mass is 10.3. The van der Waals surface area contributed by atoms with Gasteiger partial charge in [0.25, 0.3) is 5.69 Å². The van der Waals surface area contributed by atoms with E-state index in [1.54, 1.807) is 0 Å². The average molecular weight is 198 g/mol. The highest BCUT2D eigenvalue weighted by Crippen LogP contribution is 2.16. The molecule has 0 unspecified atom stereocenters. The quantitative estimate of drug-likeness (QED) is 0.411. The van der Waals surface area contributed by atoms with Gasteiger partial charge in [-0.1, -0.05) is 0 Å². The molecule has 7 nitrogen and oxygen atoms in total. The summed E-state index contributed by atoms with van der Waals surface area (Å²) in [6.45, 7) is -0.655. The molecular formula is C7H6N2O5. The summed E-state index contributed by atoms with van der Waals surface area (Å²) in [7, 11) is 0. The third kappa shape index (κ3) is 2.70. The van der Waals surface area contributed by atoms with Gasteiger partial charge in [-0.3, -0.25) is 20.2 Å². The molecule has 0 aliphatic heterocycles. The van der Waals surface area contributed by atoms with E-state index in [2.05, 4.69) is 4.74 Å². The van der Waals surface area contributed by atoms with Gasteiger partial charge >= 0.3 is 6.73 Å². The van der Waals surface area contributed by atoms with Crippen molar-refractivity contribution in [3.8, 4) is 5.75 Å². The van der Waals surface area contributed by atoms with Crippen LogP contribution < -0.4 is 4.74 Å². The van der Waals surface area contributed by atoms with E-state index in [0.29, 0.717) is 0 Å². The van der Waals surface area contributed by atoms with Crippen molar-refractivity contribution < 1.29 is 14.6 Å². The highest BCUT2D eigenvalue weighted by atomic mass is 16.7. The number of non-ortho nitro benzene ring substituents is 1. The summed E-state index contributed by atoms with van der Waals surface area (Å²) in [6.07, 6.45) is 0. The number of nitro benzene ring substituents is 1. The topological polar surface area (TPSA) is 95.5 Å². The van der Waals surface area contributed by atoms with E-state index in [9.17, 15) is 20.2 Å². The van der Waals surface area contributed by atoms with Crippen LogP contribution in [0.4, 0.5) is 5.69 Å². The average Bonchev–Trinajstić information content (AvgIpc) is 2.15. The van der Waals surface area contributed by atoms with Crippen LogP contribution in [0.15, 0.2) is 24.3 Å². The summed E-state index contributed by atoms with van der Waals surface area (Å²) < 4.78 is 4.68. The Labute approximate surface area is 78.2 Å². The Morgan fingerprint density at radius 3 is 2.14 bits per heavy atom. The van der Waals surface area contributed by atoms with Gasteiger partial charge in [0, 0.05) is 12.1 Å². The Hall–Kier alpha value is -2.18. The summed E-state index contributed by atoms with van der Waals surface area (Å²) in [5, 5.41) is 20.2. The zero-order valence-corrected chi connectivity index (χ0v) is 6.95. The molecular weight excluding hydrogens is 192 g/mol. The lowest BCUT2D eigenvalue weighted by Crippen LogP contribution is -2.07. The fraction of sp³-hybridized carbons (Fsp3) is 0.143. The van der Waals surface area contributed by atoms with Crippen LogP contribution in [-0.4, -0.2) is 16.6 Å². The van der Waals surface area contributed by atoms with Gasteiger partial charge in [0.2, 0.25) is 0 Å². The molecule has 1 rings (SSSR count). The van der Waals surface area contributed by atoms with Gasteiger partial charge in [0.1, 0.15) is 5.75 Å². The van der Waals surface area contributed by atoms with Crippen molar-refractivity contribution in [1.82, 2.24) is 0 Å². The molecule has 0 radical (unpaired) electrons. The zero-order valence-electron chi connectivity index (χ0n) is 6.95. The lowest BCUT2D eigenvalue weighted by molar-refractivity contribution is -0.514. The first-order valence-electron chi connectivity index (χ1n) is 3.58. The minimum Gasteiger partial charge on any atom is -0.432 e. The Morgan fingerprint density at radius 2 is 1.71 bits per heavy atom. The predicted molar refractivity (Wildman–Crippen MR) is 45.6 cm³/mol. The summed E-state index contributed by atoms with van der Waals surface area (Å²) >= 11 is 0. The Morgan fingerprint density at radius 1 is 1.14 bits per heavy atom. The molecule has 14 heavy (non-hydrogen) atoms. The lowest BCUT2D eigenvalue weighted by Gasteiger charge is -1.99. The second-order valence-corrected chi connectivity index (χ2v) is 2.36. The molecule has 0 fully saturated rings. The Bertz CT molecular complexity index is 348. The number of rotatable bonds is 4. The normalized spacial score (nSPS) is 9.43. The van der Waals surface area contributed by atoms with Crippen molar-refractivity contribution in [2.45, 2.75) is 0 Å². The monoisotopic (exact) mass is 198 g/mol. The highest BCUT2D eigenvalue weighted by Gasteiger charge is 2.05. The maximum absolute atomic E-state index is 10.2. The minimum absolute atomic E-state index is 0.0848. The summed E-state index contributed by atoms with van der Waals surface area (Å²) in [6, 6.07) is 5.05. The molecule has 0 spiro atoms. The van der Waals surface area contributed by atoms with Crippen LogP contribution >= 0.6 is 0 Å². The van der Waals surface area contributed by atoms with Crippen molar-refractivity contribution >= 4 is 5.69 Å². The molecule has 0 saturated carbocycles. The molecule has 1 aromatic carbocycles. The van der Waals surface area contributed by atoms with Crippen LogP contribution in [-0.2, 0) is 0 Å². The maximum atomic E-state index is 10.2. The van der Waals surface area contributed by atoms with E-state index in [1.165, 1.54) is 24.3 Å². The molecule has 0 amide bonds. The fourth-order valence-electron chi connectivity index (χ4n) is 0.791. The zero-order chi connectivity index (χ0) is 10.6. The van der Waals surface area contributed by atoms with Gasteiger partial charge < -0.3 is 4.74 Å². The van der Waals surface area contributed by atoms with Gasteiger partial charge in [0.05, 0.1) is 9.85 Å². The summed E-state index contributed by atoms with van der Waals surface area (Å²) in [5.74, 6) is 0.229. The molecule has 74 valence electrons. The van der Waals surface area contributed by atoms with Crippen LogP contribution in [0.1, 0.15) is 0 Å². The second-order valence-electron chi connectivity index (χ2n) is 2.36. The molecule has 0 atom stereocenters.